The maximum Gasteiger partial charge on any atom is 0.279 e. The monoisotopic (exact) mass is 325 g/mol. The van der Waals surface area contributed by atoms with Crippen molar-refractivity contribution in [2.24, 2.45) is 5.92 Å². The van der Waals surface area contributed by atoms with Gasteiger partial charge in [-0.05, 0) is 43.2 Å². The molecule has 0 saturated heterocycles. The smallest absolute Gasteiger partial charge is 0.267 e. The Hall–Kier alpha value is -2.01. The van der Waals surface area contributed by atoms with Crippen molar-refractivity contribution in [1.82, 2.24) is 15.0 Å². The summed E-state index contributed by atoms with van der Waals surface area (Å²) in [6.45, 7) is 4.80. The second-order valence-corrected chi connectivity index (χ2v) is 7.65. The number of aromatic nitrogens is 3. The van der Waals surface area contributed by atoms with Crippen LogP contribution in [0, 0.1) is 12.8 Å². The number of fused-ring (bicyclic) bond motifs is 3. The van der Waals surface area contributed by atoms with Gasteiger partial charge in [-0.3, -0.25) is 4.79 Å². The van der Waals surface area contributed by atoms with Gasteiger partial charge in [0, 0.05) is 4.88 Å². The average Bonchev–Trinajstić information content (AvgIpc) is 2.90. The standard InChI is InChI=1S/C18H19N3OS/c1-11-3-6-13(7-4-11)10-21-18(22)16-14-8-5-12(2)9-15(14)23-17(16)19-20-21/h3-4,6-7,12H,5,8-10H2,1-2H3/t12-/m0/s1. The van der Waals surface area contributed by atoms with Gasteiger partial charge in [0.1, 0.15) is 0 Å². The Morgan fingerprint density at radius 1 is 1.30 bits per heavy atom. The first-order valence-corrected chi connectivity index (χ1v) is 8.87. The molecule has 0 fully saturated rings. The summed E-state index contributed by atoms with van der Waals surface area (Å²) in [7, 11) is 0. The minimum Gasteiger partial charge on any atom is -0.267 e. The number of rotatable bonds is 2. The molecule has 0 spiro atoms. The van der Waals surface area contributed by atoms with E-state index in [9.17, 15) is 4.79 Å². The van der Waals surface area contributed by atoms with Gasteiger partial charge in [0.2, 0.25) is 0 Å². The zero-order chi connectivity index (χ0) is 16.0. The second kappa shape index (κ2) is 5.57. The normalized spacial score (nSPS) is 17.4. The van der Waals surface area contributed by atoms with Gasteiger partial charge in [0.05, 0.1) is 11.9 Å². The molecule has 3 aromatic rings. The molecule has 4 rings (SSSR count). The molecule has 0 N–H and O–H groups in total. The first kappa shape index (κ1) is 14.6. The lowest BCUT2D eigenvalue weighted by Crippen LogP contribution is -2.25. The van der Waals surface area contributed by atoms with Crippen LogP contribution in [-0.2, 0) is 19.4 Å². The first-order valence-electron chi connectivity index (χ1n) is 8.05. The maximum atomic E-state index is 12.9. The predicted octanol–water partition coefficient (Wildman–Crippen LogP) is 3.33. The Bertz CT molecular complexity index is 924. The summed E-state index contributed by atoms with van der Waals surface area (Å²) in [6.07, 6.45) is 3.20. The summed E-state index contributed by atoms with van der Waals surface area (Å²) in [5, 5.41) is 9.27. The third kappa shape index (κ3) is 2.59. The topological polar surface area (TPSA) is 47.8 Å². The molecule has 0 unspecified atom stereocenters. The van der Waals surface area contributed by atoms with Crippen LogP contribution >= 0.6 is 11.3 Å². The minimum atomic E-state index is 0.00243. The number of nitrogens with zero attached hydrogens (tertiary/aromatic N) is 3. The molecular weight excluding hydrogens is 306 g/mol. The van der Waals surface area contributed by atoms with Crippen LogP contribution < -0.4 is 5.56 Å². The molecule has 5 heteroatoms. The Morgan fingerprint density at radius 3 is 2.87 bits per heavy atom. The molecule has 2 aromatic heterocycles. The molecule has 1 atom stereocenters. The van der Waals surface area contributed by atoms with Gasteiger partial charge in [0.15, 0.2) is 4.83 Å². The van der Waals surface area contributed by atoms with Gasteiger partial charge < -0.3 is 0 Å². The van der Waals surface area contributed by atoms with Crippen molar-refractivity contribution in [3.05, 3.63) is 56.2 Å². The molecule has 4 nitrogen and oxygen atoms in total. The molecule has 2 heterocycles. The predicted molar refractivity (Wildman–Crippen MR) is 93.1 cm³/mol. The summed E-state index contributed by atoms with van der Waals surface area (Å²) in [5.41, 5.74) is 3.51. The molecule has 118 valence electrons. The van der Waals surface area contributed by atoms with Crippen molar-refractivity contribution in [3.8, 4) is 0 Å². The van der Waals surface area contributed by atoms with Gasteiger partial charge in [-0.25, -0.2) is 4.68 Å². The van der Waals surface area contributed by atoms with Crippen LogP contribution in [0.4, 0.5) is 0 Å². The quantitative estimate of drug-likeness (QED) is 0.726. The summed E-state index contributed by atoms with van der Waals surface area (Å²) in [4.78, 5) is 15.0. The van der Waals surface area contributed by atoms with Crippen LogP contribution in [0.1, 0.15) is 34.9 Å². The molecule has 0 bridgehead atoms. The summed E-state index contributed by atoms with van der Waals surface area (Å²) >= 11 is 1.65. The molecule has 0 radical (unpaired) electrons. The summed E-state index contributed by atoms with van der Waals surface area (Å²) in [6, 6.07) is 8.19. The highest BCUT2D eigenvalue weighted by Gasteiger charge is 2.23. The Balaban J connectivity index is 1.78. The van der Waals surface area contributed by atoms with Crippen molar-refractivity contribution >= 4 is 21.6 Å². The van der Waals surface area contributed by atoms with Gasteiger partial charge >= 0.3 is 0 Å². The highest BCUT2D eigenvalue weighted by atomic mass is 32.1. The van der Waals surface area contributed by atoms with Crippen molar-refractivity contribution < 1.29 is 0 Å². The number of aryl methyl sites for hydroxylation is 2. The highest BCUT2D eigenvalue weighted by molar-refractivity contribution is 7.18. The lowest BCUT2D eigenvalue weighted by molar-refractivity contribution is 0.508. The van der Waals surface area contributed by atoms with E-state index < -0.39 is 0 Å². The molecule has 0 saturated carbocycles. The molecule has 1 aliphatic rings. The van der Waals surface area contributed by atoms with Crippen LogP contribution in [0.5, 0.6) is 0 Å². The summed E-state index contributed by atoms with van der Waals surface area (Å²) in [5.74, 6) is 0.693. The second-order valence-electron chi connectivity index (χ2n) is 6.57. The number of thiophene rings is 1. The van der Waals surface area contributed by atoms with Crippen molar-refractivity contribution in [2.75, 3.05) is 0 Å². The molecule has 0 amide bonds. The van der Waals surface area contributed by atoms with Gasteiger partial charge in [0.25, 0.3) is 5.56 Å². The number of hydrogen-bond acceptors (Lipinski definition) is 4. The fourth-order valence-electron chi connectivity index (χ4n) is 3.26. The van der Waals surface area contributed by atoms with Crippen molar-refractivity contribution in [1.29, 1.82) is 0 Å². The number of benzene rings is 1. The van der Waals surface area contributed by atoms with Gasteiger partial charge in [-0.15, -0.1) is 16.4 Å². The van der Waals surface area contributed by atoms with Crippen LogP contribution in [0.25, 0.3) is 10.2 Å². The van der Waals surface area contributed by atoms with Crippen LogP contribution in [0.15, 0.2) is 29.1 Å². The van der Waals surface area contributed by atoms with Gasteiger partial charge in [-0.2, -0.15) is 0 Å². The van der Waals surface area contributed by atoms with E-state index in [0.29, 0.717) is 12.5 Å². The lowest BCUT2D eigenvalue weighted by Gasteiger charge is -2.17. The lowest BCUT2D eigenvalue weighted by atomic mass is 9.89. The molecule has 0 aliphatic heterocycles. The van der Waals surface area contributed by atoms with Crippen LogP contribution in [0.2, 0.25) is 0 Å². The Labute approximate surface area is 138 Å². The van der Waals surface area contributed by atoms with E-state index in [1.165, 1.54) is 20.7 Å². The van der Waals surface area contributed by atoms with E-state index >= 15 is 0 Å². The van der Waals surface area contributed by atoms with E-state index in [1.807, 2.05) is 12.1 Å². The maximum absolute atomic E-state index is 12.9. The Kier molecular flexibility index (Phi) is 3.53. The van der Waals surface area contributed by atoms with E-state index in [0.717, 1.165) is 35.0 Å². The van der Waals surface area contributed by atoms with E-state index in [2.05, 4.69) is 36.3 Å². The van der Waals surface area contributed by atoms with Gasteiger partial charge in [-0.1, -0.05) is 42.0 Å². The number of hydrogen-bond donors (Lipinski definition) is 0. The van der Waals surface area contributed by atoms with E-state index in [-0.39, 0.29) is 5.56 Å². The Morgan fingerprint density at radius 2 is 2.09 bits per heavy atom. The zero-order valence-corrected chi connectivity index (χ0v) is 14.2. The first-order chi connectivity index (χ1) is 11.1. The third-order valence-electron chi connectivity index (χ3n) is 4.64. The van der Waals surface area contributed by atoms with E-state index in [4.69, 9.17) is 0 Å². The zero-order valence-electron chi connectivity index (χ0n) is 13.4. The average molecular weight is 325 g/mol. The molecule has 1 aliphatic carbocycles. The molecule has 23 heavy (non-hydrogen) atoms. The van der Waals surface area contributed by atoms with Crippen molar-refractivity contribution in [2.45, 2.75) is 39.7 Å². The molecule has 1 aromatic carbocycles. The minimum absolute atomic E-state index is 0.00243. The molecular formula is C18H19N3OS. The van der Waals surface area contributed by atoms with Crippen LogP contribution in [0.3, 0.4) is 0 Å². The van der Waals surface area contributed by atoms with Crippen molar-refractivity contribution in [3.63, 3.8) is 0 Å². The SMILES string of the molecule is Cc1ccc(Cn2nnc3sc4c(c3c2=O)CC[C@H](C)C4)cc1. The highest BCUT2D eigenvalue weighted by Crippen LogP contribution is 2.35. The fraction of sp³-hybridized carbons (Fsp3) is 0.389. The fourth-order valence-corrected chi connectivity index (χ4v) is 4.58. The largest absolute Gasteiger partial charge is 0.279 e. The van der Waals surface area contributed by atoms with E-state index in [1.54, 1.807) is 11.3 Å². The van der Waals surface area contributed by atoms with Crippen LogP contribution in [-0.4, -0.2) is 15.0 Å². The summed E-state index contributed by atoms with van der Waals surface area (Å²) < 4.78 is 1.50. The third-order valence-corrected chi connectivity index (χ3v) is 5.78.